The molecule has 0 bridgehead atoms. The van der Waals surface area contributed by atoms with Crippen LogP contribution in [0.1, 0.15) is 61.2 Å². The fourth-order valence-corrected chi connectivity index (χ4v) is 18.8. The molecular formula is C134H109N3. The number of hydrogen-bond acceptors (Lipinski definition) is 3. The van der Waals surface area contributed by atoms with Crippen molar-refractivity contribution in [3.05, 3.63) is 522 Å². The lowest BCUT2D eigenvalue weighted by atomic mass is 9.93. The summed E-state index contributed by atoms with van der Waals surface area (Å²) in [4.78, 5) is 16.0. The number of rotatable bonds is 18. The van der Waals surface area contributed by atoms with Crippen molar-refractivity contribution in [3.8, 4) is 201 Å². The molecule has 0 saturated heterocycles. The minimum Gasteiger partial charge on any atom is -0.248 e. The van der Waals surface area contributed by atoms with E-state index < -0.39 is 0 Å². The van der Waals surface area contributed by atoms with Gasteiger partial charge in [-0.25, -0.2) is 15.0 Å². The van der Waals surface area contributed by atoms with Gasteiger partial charge in [-0.3, -0.25) is 0 Å². The van der Waals surface area contributed by atoms with E-state index in [4.69, 9.17) is 15.0 Å². The van der Waals surface area contributed by atoms with Gasteiger partial charge in [0, 0.05) is 33.4 Å². The van der Waals surface area contributed by atoms with Crippen molar-refractivity contribution in [1.82, 2.24) is 15.0 Å². The maximum absolute atomic E-state index is 5.40. The first kappa shape index (κ1) is 89.6. The maximum atomic E-state index is 5.40. The molecule has 18 aromatic carbocycles. The van der Waals surface area contributed by atoms with E-state index in [1.165, 1.54) is 178 Å². The van der Waals surface area contributed by atoms with E-state index in [1.54, 1.807) is 0 Å². The number of aryl methyl sites for hydroxylation is 11. The number of benzene rings is 18. The number of aromatic nitrogens is 3. The van der Waals surface area contributed by atoms with Crippen molar-refractivity contribution < 1.29 is 0 Å². The summed E-state index contributed by atoms with van der Waals surface area (Å²) in [5, 5.41) is 0. The first-order valence-electron chi connectivity index (χ1n) is 47.4. The van der Waals surface area contributed by atoms with E-state index in [0.717, 1.165) is 84.2 Å². The molecule has 3 nitrogen and oxygen atoms in total. The Morgan fingerprint density at radius 1 is 0.0876 bits per heavy atom. The van der Waals surface area contributed by atoms with Crippen LogP contribution in [0.3, 0.4) is 0 Å². The van der Waals surface area contributed by atoms with Crippen LogP contribution >= 0.6 is 0 Å². The molecule has 21 aromatic rings. The Morgan fingerprint density at radius 3 is 0.423 bits per heavy atom. The molecule has 0 aliphatic carbocycles. The highest BCUT2D eigenvalue weighted by atomic mass is 14.7. The number of pyridine rings is 3. The van der Waals surface area contributed by atoms with E-state index in [1.807, 2.05) is 0 Å². The van der Waals surface area contributed by atoms with E-state index in [-0.39, 0.29) is 0 Å². The highest BCUT2D eigenvalue weighted by Crippen LogP contribution is 2.42. The third-order valence-corrected chi connectivity index (χ3v) is 25.5. The predicted octanol–water partition coefficient (Wildman–Crippen LogP) is 36.6. The van der Waals surface area contributed by atoms with Crippen molar-refractivity contribution in [2.75, 3.05) is 0 Å². The Kier molecular flexibility index (Phi) is 26.5. The zero-order chi connectivity index (χ0) is 94.0. The van der Waals surface area contributed by atoms with E-state index in [2.05, 4.69) is 537 Å². The first-order valence-corrected chi connectivity index (χ1v) is 47.4. The monoisotopic (exact) mass is 1760 g/mol. The maximum Gasteiger partial charge on any atom is 0.0716 e. The lowest BCUT2D eigenvalue weighted by Gasteiger charge is -2.14. The number of hydrogen-bond donors (Lipinski definition) is 0. The molecule has 0 aliphatic heterocycles. The molecule has 137 heavy (non-hydrogen) atoms. The standard InChI is InChI=1S/C51H41N.C44H35N.C39H33N/c1-34-12-8-16-39(22-34)41-18-10-20-43(28-41)45-24-36(3)26-48(30-45)50-32-47(38-14-6-5-7-15-38)33-51(52-50)49-27-37(4)25-46(31-49)44-21-11-19-42(29-44)40-17-9-13-35(2)23-40;1-30-10-4-13-33(22-30)36-16-7-19-39(25-36)42-28-43(40-20-8-17-37(26-40)34-14-5-11-31(2)23-34)45-44(29-42)41-21-9-18-38(27-41)35-15-6-12-32(3)24-35;1-26-10-8-14-31(16-26)33-18-28(3)20-36(22-33)38-24-35(30-12-6-5-7-13-30)25-39(40-38)37-21-29(4)19-34(23-37)32-15-9-11-27(2)17-32/h5-33H,1-4H3;4-29H,1-3H3;5-25H,1-4H3. The molecule has 0 aliphatic rings. The second-order valence-corrected chi connectivity index (χ2v) is 37.0. The minimum atomic E-state index is 0.957. The van der Waals surface area contributed by atoms with Crippen LogP contribution in [0.25, 0.3) is 201 Å². The lowest BCUT2D eigenvalue weighted by molar-refractivity contribution is 1.31. The molecule has 0 saturated carbocycles. The van der Waals surface area contributed by atoms with Gasteiger partial charge in [-0.15, -0.1) is 0 Å². The summed E-state index contributed by atoms with van der Waals surface area (Å²) in [6.07, 6.45) is 0. The molecule has 3 aromatic heterocycles. The Morgan fingerprint density at radius 2 is 0.212 bits per heavy atom. The molecule has 0 unspecified atom stereocenters. The summed E-state index contributed by atoms with van der Waals surface area (Å²) >= 11 is 0. The average Bonchev–Trinajstić information content (AvgIpc) is 0.786. The highest BCUT2D eigenvalue weighted by Gasteiger charge is 2.20. The third-order valence-electron chi connectivity index (χ3n) is 25.5. The summed E-state index contributed by atoms with van der Waals surface area (Å²) in [7, 11) is 0. The van der Waals surface area contributed by atoms with Crippen LogP contribution in [0.5, 0.6) is 0 Å². The largest absolute Gasteiger partial charge is 0.248 e. The zero-order valence-corrected chi connectivity index (χ0v) is 79.7. The van der Waals surface area contributed by atoms with Crippen molar-refractivity contribution in [1.29, 1.82) is 0 Å². The average molecular weight is 1760 g/mol. The van der Waals surface area contributed by atoms with Crippen LogP contribution in [0.15, 0.2) is 461 Å². The van der Waals surface area contributed by atoms with Crippen LogP contribution in [0, 0.1) is 76.2 Å². The highest BCUT2D eigenvalue weighted by molar-refractivity contribution is 5.88. The molecule has 21 rings (SSSR count). The minimum absolute atomic E-state index is 0.957. The molecule has 0 amide bonds. The van der Waals surface area contributed by atoms with E-state index >= 15 is 0 Å². The molecule has 0 N–H and O–H groups in total. The van der Waals surface area contributed by atoms with Gasteiger partial charge in [0.15, 0.2) is 0 Å². The van der Waals surface area contributed by atoms with Gasteiger partial charge in [0.1, 0.15) is 0 Å². The Hall–Kier alpha value is -16.6. The lowest BCUT2D eigenvalue weighted by Crippen LogP contribution is -1.94. The van der Waals surface area contributed by atoms with Gasteiger partial charge in [-0.1, -0.05) is 385 Å². The predicted molar refractivity (Wildman–Crippen MR) is 583 cm³/mol. The Balaban J connectivity index is 0.000000133. The third kappa shape index (κ3) is 21.7. The summed E-state index contributed by atoms with van der Waals surface area (Å²) in [5.41, 5.74) is 54.9. The normalized spacial score (nSPS) is 11.0. The molecule has 3 heteroatoms. The van der Waals surface area contributed by atoms with Crippen molar-refractivity contribution in [2.45, 2.75) is 76.2 Å². The van der Waals surface area contributed by atoms with Crippen molar-refractivity contribution in [3.63, 3.8) is 0 Å². The summed E-state index contributed by atoms with van der Waals surface area (Å²) < 4.78 is 0. The molecule has 0 spiro atoms. The Bertz CT molecular complexity index is 7500. The zero-order valence-electron chi connectivity index (χ0n) is 79.7. The molecule has 0 fully saturated rings. The van der Waals surface area contributed by atoms with Gasteiger partial charge < -0.3 is 0 Å². The van der Waals surface area contributed by atoms with Gasteiger partial charge >= 0.3 is 0 Å². The fourth-order valence-electron chi connectivity index (χ4n) is 18.8. The molecule has 0 atom stereocenters. The van der Waals surface area contributed by atoms with Gasteiger partial charge in [0.25, 0.3) is 0 Å². The van der Waals surface area contributed by atoms with Gasteiger partial charge in [-0.05, 0) is 347 Å². The van der Waals surface area contributed by atoms with Gasteiger partial charge in [0.05, 0.1) is 34.2 Å². The molecule has 0 radical (unpaired) electrons. The van der Waals surface area contributed by atoms with E-state index in [9.17, 15) is 0 Å². The molecule has 3 heterocycles. The summed E-state index contributed by atoms with van der Waals surface area (Å²) in [5.74, 6) is 0. The number of nitrogens with zero attached hydrogens (tertiary/aromatic N) is 3. The van der Waals surface area contributed by atoms with E-state index in [0.29, 0.717) is 0 Å². The van der Waals surface area contributed by atoms with Crippen LogP contribution in [0.2, 0.25) is 0 Å². The second-order valence-electron chi connectivity index (χ2n) is 37.0. The Labute approximate surface area is 808 Å². The van der Waals surface area contributed by atoms with Crippen LogP contribution in [0.4, 0.5) is 0 Å². The van der Waals surface area contributed by atoms with Gasteiger partial charge in [0.2, 0.25) is 0 Å². The van der Waals surface area contributed by atoms with Gasteiger partial charge in [-0.2, -0.15) is 0 Å². The quantitative estimate of drug-likeness (QED) is 0.0859. The van der Waals surface area contributed by atoms with Crippen molar-refractivity contribution in [2.24, 2.45) is 0 Å². The smallest absolute Gasteiger partial charge is 0.0716 e. The first-order chi connectivity index (χ1) is 66.7. The second kappa shape index (κ2) is 40.5. The van der Waals surface area contributed by atoms with Crippen LogP contribution < -0.4 is 0 Å². The molecular weight excluding hydrogens is 1650 g/mol. The fraction of sp³-hybridized carbons (Fsp3) is 0.0821. The van der Waals surface area contributed by atoms with Crippen LogP contribution in [-0.2, 0) is 0 Å². The topological polar surface area (TPSA) is 38.7 Å². The SMILES string of the molecule is Cc1cccc(-c2cc(C)cc(-c3cc(-c4ccccc4)cc(-c4cc(C)cc(-c5cccc(C)c5)c4)n3)c2)c1.Cc1cccc(-c2cccc(-c3cc(-c4cccc(-c5cccc(C)c5)c4)nc(-c4cccc(-c5cccc(C)c5)c4)c3)c2)c1.Cc1cccc(-c2cccc(-c3cc(C)cc(-c4cc(-c5ccccc5)cc(-c5cc(C)cc(-c6cccc(-c7cccc(C)c7)c6)c5)n4)c3)c2)c1. The van der Waals surface area contributed by atoms with Crippen molar-refractivity contribution >= 4 is 0 Å². The summed E-state index contributed by atoms with van der Waals surface area (Å²) in [6, 6.07) is 167. The molecule has 660 valence electrons. The van der Waals surface area contributed by atoms with Crippen LogP contribution in [-0.4, -0.2) is 15.0 Å². The summed E-state index contributed by atoms with van der Waals surface area (Å²) in [6.45, 7) is 23.7.